The number of carbonyl (C=O) groups excluding carboxylic acids is 1. The molecule has 0 radical (unpaired) electrons. The molecule has 0 unspecified atom stereocenters. The van der Waals surface area contributed by atoms with Gasteiger partial charge in [0.1, 0.15) is 11.9 Å². The van der Waals surface area contributed by atoms with Crippen LogP contribution in [0.4, 0.5) is 5.69 Å². The molecule has 2 N–H and O–H groups in total. The summed E-state index contributed by atoms with van der Waals surface area (Å²) in [4.78, 5) is 24.7. The minimum atomic E-state index is -1.04. The zero-order chi connectivity index (χ0) is 14.7. The molecule has 6 nitrogen and oxygen atoms in total. The van der Waals surface area contributed by atoms with Crippen molar-refractivity contribution in [3.63, 3.8) is 0 Å². The van der Waals surface area contributed by atoms with Crippen LogP contribution in [0.25, 0.3) is 0 Å². The summed E-state index contributed by atoms with van der Waals surface area (Å²) in [7, 11) is 0. The van der Waals surface area contributed by atoms with Crippen LogP contribution in [0.3, 0.4) is 0 Å². The van der Waals surface area contributed by atoms with Crippen molar-refractivity contribution in [3.8, 4) is 5.75 Å². The summed E-state index contributed by atoms with van der Waals surface area (Å²) in [5.41, 5.74) is 0.569. The number of anilines is 1. The fourth-order valence-corrected chi connectivity index (χ4v) is 2.30. The number of carbonyl (C=O) groups is 2. The van der Waals surface area contributed by atoms with E-state index in [-0.39, 0.29) is 11.7 Å². The van der Waals surface area contributed by atoms with E-state index in [9.17, 15) is 14.7 Å². The summed E-state index contributed by atoms with van der Waals surface area (Å²) < 4.78 is 5.27. The Labute approximate surface area is 116 Å². The lowest BCUT2D eigenvalue weighted by Crippen LogP contribution is -2.39. The molecule has 0 aliphatic carbocycles. The van der Waals surface area contributed by atoms with Crippen molar-refractivity contribution in [2.45, 2.75) is 32.0 Å². The third kappa shape index (κ3) is 2.91. The topological polar surface area (TPSA) is 87.1 Å². The highest BCUT2D eigenvalue weighted by Crippen LogP contribution is 2.26. The minimum Gasteiger partial charge on any atom is -0.508 e. The Morgan fingerprint density at radius 1 is 1.35 bits per heavy atom. The van der Waals surface area contributed by atoms with Crippen LogP contribution < -0.4 is 4.90 Å². The van der Waals surface area contributed by atoms with E-state index in [0.717, 1.165) is 0 Å². The summed E-state index contributed by atoms with van der Waals surface area (Å²) in [5, 5.41) is 18.4. The normalized spacial score (nSPS) is 21.6. The molecule has 1 amide bonds. The van der Waals surface area contributed by atoms with Gasteiger partial charge in [-0.2, -0.15) is 0 Å². The zero-order valence-corrected chi connectivity index (χ0v) is 11.2. The van der Waals surface area contributed by atoms with Crippen molar-refractivity contribution >= 4 is 17.6 Å². The highest BCUT2D eigenvalue weighted by molar-refractivity contribution is 5.97. The van der Waals surface area contributed by atoms with E-state index >= 15 is 0 Å². The van der Waals surface area contributed by atoms with E-state index in [2.05, 4.69) is 0 Å². The second-order valence-electron chi connectivity index (χ2n) is 4.63. The predicted molar refractivity (Wildman–Crippen MR) is 71.7 cm³/mol. The average Bonchev–Trinajstić information content (AvgIpc) is 2.89. The number of hydrogen-bond donors (Lipinski definition) is 2. The van der Waals surface area contributed by atoms with E-state index in [1.165, 1.54) is 17.0 Å². The van der Waals surface area contributed by atoms with Crippen molar-refractivity contribution in [2.24, 2.45) is 0 Å². The number of nitrogens with zero attached hydrogens (tertiary/aromatic N) is 1. The Morgan fingerprint density at radius 3 is 2.60 bits per heavy atom. The quantitative estimate of drug-likeness (QED) is 0.869. The maximum Gasteiger partial charge on any atom is 0.332 e. The van der Waals surface area contributed by atoms with E-state index in [1.54, 1.807) is 12.1 Å². The van der Waals surface area contributed by atoms with Crippen LogP contribution in [0.2, 0.25) is 0 Å². The predicted octanol–water partition coefficient (Wildman–Crippen LogP) is 1.38. The summed E-state index contributed by atoms with van der Waals surface area (Å²) >= 11 is 0. The van der Waals surface area contributed by atoms with E-state index in [0.29, 0.717) is 25.1 Å². The lowest BCUT2D eigenvalue weighted by Gasteiger charge is -2.24. The van der Waals surface area contributed by atoms with Gasteiger partial charge in [0.2, 0.25) is 0 Å². The number of phenolic OH excluding ortho intramolecular Hbond substituents is 1. The van der Waals surface area contributed by atoms with Crippen molar-refractivity contribution < 1.29 is 24.5 Å². The van der Waals surface area contributed by atoms with Crippen LogP contribution in [0, 0.1) is 0 Å². The lowest BCUT2D eigenvalue weighted by molar-refractivity contribution is -0.151. The van der Waals surface area contributed by atoms with Gasteiger partial charge in [0.25, 0.3) is 5.91 Å². The van der Waals surface area contributed by atoms with Crippen molar-refractivity contribution in [1.29, 1.82) is 0 Å². The smallest absolute Gasteiger partial charge is 0.332 e. The summed E-state index contributed by atoms with van der Waals surface area (Å²) in [5.74, 6) is -1.24. The van der Waals surface area contributed by atoms with E-state index in [1.807, 2.05) is 6.92 Å². The maximum absolute atomic E-state index is 12.4. The monoisotopic (exact) mass is 279 g/mol. The molecule has 1 aromatic rings. The molecule has 0 spiro atoms. The minimum absolute atomic E-state index is 0.0736. The number of rotatable bonds is 4. The zero-order valence-electron chi connectivity index (χ0n) is 11.2. The molecule has 108 valence electrons. The third-order valence-corrected chi connectivity index (χ3v) is 3.29. The van der Waals surface area contributed by atoms with Gasteiger partial charge in [-0.15, -0.1) is 0 Å². The van der Waals surface area contributed by atoms with Crippen LogP contribution in [0.5, 0.6) is 5.75 Å². The SMILES string of the molecule is CCN(C(=O)[C@@H]1CC[C@H](C(=O)O)O1)c1cccc(O)c1. The number of likely N-dealkylation sites (N-methyl/N-ethyl adjacent to an activating group) is 1. The number of aromatic hydroxyl groups is 1. The number of carboxylic acids is 1. The van der Waals surface area contributed by atoms with Gasteiger partial charge in [0, 0.05) is 18.3 Å². The molecule has 1 aliphatic rings. The molecule has 1 aromatic carbocycles. The molecule has 0 aromatic heterocycles. The number of carboxylic acid groups (broad SMARTS) is 1. The van der Waals surface area contributed by atoms with Gasteiger partial charge in [-0.05, 0) is 31.9 Å². The number of aliphatic carboxylic acids is 1. The summed E-state index contributed by atoms with van der Waals surface area (Å²) in [6.07, 6.45) is -0.917. The molecule has 1 heterocycles. The number of benzene rings is 1. The molecular formula is C14H17NO5. The molecule has 2 atom stereocenters. The molecule has 1 fully saturated rings. The second kappa shape index (κ2) is 5.92. The highest BCUT2D eigenvalue weighted by Gasteiger charge is 2.36. The van der Waals surface area contributed by atoms with Gasteiger partial charge in [-0.25, -0.2) is 4.79 Å². The number of ether oxygens (including phenoxy) is 1. The van der Waals surface area contributed by atoms with Gasteiger partial charge in [-0.1, -0.05) is 6.07 Å². The summed E-state index contributed by atoms with van der Waals surface area (Å²) in [6, 6.07) is 6.38. The van der Waals surface area contributed by atoms with Crippen LogP contribution >= 0.6 is 0 Å². The van der Waals surface area contributed by atoms with Gasteiger partial charge in [-0.3, -0.25) is 4.79 Å². The first-order valence-corrected chi connectivity index (χ1v) is 6.51. The third-order valence-electron chi connectivity index (χ3n) is 3.29. The second-order valence-corrected chi connectivity index (χ2v) is 4.63. The number of hydrogen-bond acceptors (Lipinski definition) is 4. The molecule has 2 rings (SSSR count). The molecule has 20 heavy (non-hydrogen) atoms. The first-order chi connectivity index (χ1) is 9.52. The summed E-state index contributed by atoms with van der Waals surface area (Å²) in [6.45, 7) is 2.23. The first-order valence-electron chi connectivity index (χ1n) is 6.51. The standard InChI is InChI=1S/C14H17NO5/c1-2-15(9-4-3-5-10(16)8-9)13(17)11-6-7-12(20-11)14(18)19/h3-5,8,11-12,16H,2,6-7H2,1H3,(H,18,19)/t11-,12+/m0/s1. The molecule has 0 saturated carbocycles. The molecule has 6 heteroatoms. The van der Waals surface area contributed by atoms with Gasteiger partial charge >= 0.3 is 5.97 Å². The molecular weight excluding hydrogens is 262 g/mol. The molecule has 0 bridgehead atoms. The Hall–Kier alpha value is -2.08. The first kappa shape index (κ1) is 14.3. The fraction of sp³-hybridized carbons (Fsp3) is 0.429. The van der Waals surface area contributed by atoms with Crippen LogP contribution in [-0.2, 0) is 14.3 Å². The van der Waals surface area contributed by atoms with Crippen molar-refractivity contribution in [2.75, 3.05) is 11.4 Å². The Balaban J connectivity index is 2.12. The lowest BCUT2D eigenvalue weighted by atomic mass is 10.1. The molecule has 1 saturated heterocycles. The Kier molecular flexibility index (Phi) is 4.24. The largest absolute Gasteiger partial charge is 0.508 e. The number of phenols is 1. The highest BCUT2D eigenvalue weighted by atomic mass is 16.5. The number of amides is 1. The average molecular weight is 279 g/mol. The van der Waals surface area contributed by atoms with Crippen LogP contribution in [0.1, 0.15) is 19.8 Å². The van der Waals surface area contributed by atoms with Crippen LogP contribution in [-0.4, -0.2) is 40.8 Å². The van der Waals surface area contributed by atoms with Crippen molar-refractivity contribution in [3.05, 3.63) is 24.3 Å². The van der Waals surface area contributed by atoms with Crippen LogP contribution in [0.15, 0.2) is 24.3 Å². The van der Waals surface area contributed by atoms with E-state index < -0.39 is 18.2 Å². The maximum atomic E-state index is 12.4. The van der Waals surface area contributed by atoms with Gasteiger partial charge in [0.15, 0.2) is 6.10 Å². The molecule has 1 aliphatic heterocycles. The van der Waals surface area contributed by atoms with E-state index in [4.69, 9.17) is 9.84 Å². The Morgan fingerprint density at radius 2 is 2.05 bits per heavy atom. The van der Waals surface area contributed by atoms with Gasteiger partial charge < -0.3 is 19.8 Å². The fourth-order valence-electron chi connectivity index (χ4n) is 2.30. The van der Waals surface area contributed by atoms with Gasteiger partial charge in [0.05, 0.1) is 0 Å². The van der Waals surface area contributed by atoms with Crippen molar-refractivity contribution in [1.82, 2.24) is 0 Å². The Bertz CT molecular complexity index is 516.